The molecule has 0 spiro atoms. The Labute approximate surface area is 274 Å². The van der Waals surface area contributed by atoms with Gasteiger partial charge in [0.05, 0.1) is 5.54 Å². The molecule has 0 rings (SSSR count). The summed E-state index contributed by atoms with van der Waals surface area (Å²) in [4.78, 5) is 39.0. The van der Waals surface area contributed by atoms with Crippen molar-refractivity contribution in [2.24, 2.45) is 0 Å². The average molecular weight is 622 g/mol. The summed E-state index contributed by atoms with van der Waals surface area (Å²) in [6.45, 7) is 11.8. The van der Waals surface area contributed by atoms with Crippen LogP contribution in [0, 0.1) is 0 Å². The van der Waals surface area contributed by atoms with Gasteiger partial charge in [0, 0.05) is 39.4 Å². The summed E-state index contributed by atoms with van der Waals surface area (Å²) >= 11 is 0. The third-order valence-corrected chi connectivity index (χ3v) is 8.74. The summed E-state index contributed by atoms with van der Waals surface area (Å²) in [5.41, 5.74) is -0.546. The molecule has 0 aliphatic heterocycles. The Morgan fingerprint density at radius 2 is 0.864 bits per heavy atom. The van der Waals surface area contributed by atoms with Gasteiger partial charge in [0.25, 0.3) is 0 Å². The van der Waals surface area contributed by atoms with E-state index in [2.05, 4.69) is 24.5 Å². The Kier molecular flexibility index (Phi) is 29.0. The van der Waals surface area contributed by atoms with Crippen LogP contribution in [0.5, 0.6) is 0 Å². The second-order valence-electron chi connectivity index (χ2n) is 14.0. The lowest BCUT2D eigenvalue weighted by Gasteiger charge is -2.27. The van der Waals surface area contributed by atoms with E-state index in [4.69, 9.17) is 0 Å². The smallest absolute Gasteiger partial charge is 0.223 e. The quantitative estimate of drug-likeness (QED) is 0.0734. The minimum absolute atomic E-state index is 0.103. The van der Waals surface area contributed by atoms with Crippen LogP contribution in [-0.4, -0.2) is 47.8 Å². The maximum atomic E-state index is 13.2. The zero-order valence-electron chi connectivity index (χ0n) is 30.2. The van der Waals surface area contributed by atoms with Crippen LogP contribution in [0.4, 0.5) is 0 Å². The summed E-state index contributed by atoms with van der Waals surface area (Å²) in [6, 6.07) is 0. The van der Waals surface area contributed by atoms with E-state index in [9.17, 15) is 14.4 Å². The molecule has 3 amide bonds. The maximum Gasteiger partial charge on any atom is 0.223 e. The number of nitrogens with one attached hydrogen (secondary N) is 2. The predicted octanol–water partition coefficient (Wildman–Crippen LogP) is 10.0. The molecule has 0 aromatic carbocycles. The highest BCUT2D eigenvalue weighted by Gasteiger charge is 2.22. The first-order chi connectivity index (χ1) is 21.2. The highest BCUT2D eigenvalue weighted by molar-refractivity contribution is 5.84. The molecule has 0 aliphatic carbocycles. The highest BCUT2D eigenvalue weighted by atomic mass is 16.2. The van der Waals surface area contributed by atoms with Crippen molar-refractivity contribution in [2.45, 2.75) is 207 Å². The van der Waals surface area contributed by atoms with Gasteiger partial charge in [-0.2, -0.15) is 0 Å². The van der Waals surface area contributed by atoms with Crippen molar-refractivity contribution in [3.63, 3.8) is 0 Å². The van der Waals surface area contributed by atoms with E-state index in [0.717, 1.165) is 25.9 Å². The van der Waals surface area contributed by atoms with Gasteiger partial charge in [0.1, 0.15) is 0 Å². The van der Waals surface area contributed by atoms with E-state index in [1.807, 2.05) is 18.7 Å². The molecular weight excluding hydrogens is 546 g/mol. The predicted molar refractivity (Wildman–Crippen MR) is 189 cm³/mol. The Hall–Kier alpha value is -1.59. The number of carbonyl (C=O) groups excluding carboxylic acids is 3. The number of rotatable bonds is 32. The first-order valence-electron chi connectivity index (χ1n) is 19.0. The second-order valence-corrected chi connectivity index (χ2v) is 14.0. The van der Waals surface area contributed by atoms with Crippen molar-refractivity contribution in [1.29, 1.82) is 0 Å². The van der Waals surface area contributed by atoms with Crippen molar-refractivity contribution in [3.05, 3.63) is 0 Å². The topological polar surface area (TPSA) is 78.5 Å². The standard InChI is InChI=1S/C38H75N3O3/c1-6-8-10-12-14-16-18-20-22-24-26-28-32-41(33-29-27-25-23-21-19-17-15-13-11-9-7-2)37(44)31-30-36(43)40-38(4,5)34-39-35(3)42/h6-34H2,1-5H3,(H,39,42)(H,40,43). The van der Waals surface area contributed by atoms with Crippen LogP contribution in [-0.2, 0) is 14.4 Å². The number of amides is 3. The summed E-state index contributed by atoms with van der Waals surface area (Å²) < 4.78 is 0. The van der Waals surface area contributed by atoms with E-state index in [0.29, 0.717) is 6.54 Å². The molecular formula is C38H75N3O3. The molecule has 6 nitrogen and oxygen atoms in total. The van der Waals surface area contributed by atoms with Crippen molar-refractivity contribution in [2.75, 3.05) is 19.6 Å². The Balaban J connectivity index is 4.38. The van der Waals surface area contributed by atoms with E-state index < -0.39 is 5.54 Å². The van der Waals surface area contributed by atoms with Crippen LogP contribution < -0.4 is 10.6 Å². The lowest BCUT2D eigenvalue weighted by molar-refractivity contribution is -0.134. The number of unbranched alkanes of at least 4 members (excludes halogenated alkanes) is 22. The molecule has 0 atom stereocenters. The SMILES string of the molecule is CCCCCCCCCCCCCCN(CCCCCCCCCCCCCC)C(=O)CCC(=O)NC(C)(C)CNC(C)=O. The van der Waals surface area contributed by atoms with Crippen molar-refractivity contribution in [3.8, 4) is 0 Å². The number of hydrogen-bond donors (Lipinski definition) is 2. The summed E-state index contributed by atoms with van der Waals surface area (Å²) in [7, 11) is 0. The fraction of sp³-hybridized carbons (Fsp3) is 0.921. The number of nitrogens with zero attached hydrogens (tertiary/aromatic N) is 1. The van der Waals surface area contributed by atoms with Gasteiger partial charge >= 0.3 is 0 Å². The van der Waals surface area contributed by atoms with Gasteiger partial charge in [-0.25, -0.2) is 0 Å². The van der Waals surface area contributed by atoms with E-state index in [1.54, 1.807) is 0 Å². The maximum absolute atomic E-state index is 13.2. The van der Waals surface area contributed by atoms with Gasteiger partial charge in [-0.15, -0.1) is 0 Å². The lowest BCUT2D eigenvalue weighted by Crippen LogP contribution is -2.51. The van der Waals surface area contributed by atoms with Crippen LogP contribution in [0.1, 0.15) is 202 Å². The summed E-state index contributed by atoms with van der Waals surface area (Å²) in [5, 5.41) is 5.73. The molecule has 2 N–H and O–H groups in total. The average Bonchev–Trinajstić information content (AvgIpc) is 2.98. The summed E-state index contributed by atoms with van der Waals surface area (Å²) in [6.07, 6.45) is 31.9. The molecule has 0 aromatic rings. The monoisotopic (exact) mass is 622 g/mol. The van der Waals surface area contributed by atoms with E-state index in [-0.39, 0.29) is 30.6 Å². The molecule has 260 valence electrons. The molecule has 0 heterocycles. The third-order valence-electron chi connectivity index (χ3n) is 8.74. The zero-order chi connectivity index (χ0) is 32.7. The molecule has 0 aromatic heterocycles. The van der Waals surface area contributed by atoms with Gasteiger partial charge in [-0.1, -0.05) is 155 Å². The Morgan fingerprint density at radius 1 is 0.523 bits per heavy atom. The first-order valence-corrected chi connectivity index (χ1v) is 19.0. The molecule has 6 heteroatoms. The lowest BCUT2D eigenvalue weighted by atomic mass is 10.0. The Bertz CT molecular complexity index is 667. The van der Waals surface area contributed by atoms with E-state index in [1.165, 1.54) is 148 Å². The van der Waals surface area contributed by atoms with E-state index >= 15 is 0 Å². The number of carbonyl (C=O) groups is 3. The largest absolute Gasteiger partial charge is 0.354 e. The van der Waals surface area contributed by atoms with Gasteiger partial charge in [0.2, 0.25) is 17.7 Å². The van der Waals surface area contributed by atoms with Crippen molar-refractivity contribution in [1.82, 2.24) is 15.5 Å². The fourth-order valence-electron chi connectivity index (χ4n) is 5.86. The van der Waals surface area contributed by atoms with Crippen LogP contribution in [0.25, 0.3) is 0 Å². The second kappa shape index (κ2) is 30.1. The van der Waals surface area contributed by atoms with Crippen LogP contribution in [0.15, 0.2) is 0 Å². The minimum Gasteiger partial charge on any atom is -0.354 e. The molecule has 0 saturated heterocycles. The third kappa shape index (κ3) is 29.1. The summed E-state index contributed by atoms with van der Waals surface area (Å²) in [5.74, 6) is -0.149. The molecule has 0 fully saturated rings. The highest BCUT2D eigenvalue weighted by Crippen LogP contribution is 2.15. The molecule has 44 heavy (non-hydrogen) atoms. The van der Waals surface area contributed by atoms with Crippen molar-refractivity contribution < 1.29 is 14.4 Å². The van der Waals surface area contributed by atoms with Gasteiger partial charge in [-0.3, -0.25) is 14.4 Å². The number of hydrogen-bond acceptors (Lipinski definition) is 3. The van der Waals surface area contributed by atoms with Crippen molar-refractivity contribution >= 4 is 17.7 Å². The molecule has 0 saturated carbocycles. The van der Waals surface area contributed by atoms with Gasteiger partial charge < -0.3 is 15.5 Å². The Morgan fingerprint density at radius 3 is 1.20 bits per heavy atom. The van der Waals surface area contributed by atoms with Crippen LogP contribution in [0.3, 0.4) is 0 Å². The minimum atomic E-state index is -0.546. The van der Waals surface area contributed by atoms with Crippen LogP contribution in [0.2, 0.25) is 0 Å². The normalized spacial score (nSPS) is 11.5. The van der Waals surface area contributed by atoms with Crippen LogP contribution >= 0.6 is 0 Å². The zero-order valence-corrected chi connectivity index (χ0v) is 30.2. The van der Waals surface area contributed by atoms with Gasteiger partial charge in [0.15, 0.2) is 0 Å². The molecule has 0 unspecified atom stereocenters. The molecule has 0 radical (unpaired) electrons. The first kappa shape index (κ1) is 42.4. The van der Waals surface area contributed by atoms with Gasteiger partial charge in [-0.05, 0) is 26.7 Å². The molecule has 0 aliphatic rings. The fourth-order valence-corrected chi connectivity index (χ4v) is 5.86. The molecule has 0 bridgehead atoms.